The first-order chi connectivity index (χ1) is 16.6. The normalized spacial score (nSPS) is 39.4. The summed E-state index contributed by atoms with van der Waals surface area (Å²) in [5.41, 5.74) is 2.43. The van der Waals surface area contributed by atoms with Crippen LogP contribution in [0.5, 0.6) is 0 Å². The van der Waals surface area contributed by atoms with Gasteiger partial charge in [0.05, 0.1) is 0 Å². The third kappa shape index (κ3) is 5.26. The van der Waals surface area contributed by atoms with E-state index >= 15 is 0 Å². The van der Waals surface area contributed by atoms with Gasteiger partial charge < -0.3 is 10.0 Å². The fourth-order valence-electron chi connectivity index (χ4n) is 9.60. The van der Waals surface area contributed by atoms with Crippen LogP contribution in [0, 0.1) is 46.3 Å². The zero-order chi connectivity index (χ0) is 25.4. The van der Waals surface area contributed by atoms with Gasteiger partial charge in [-0.25, -0.2) is 4.79 Å². The number of amides is 1. The molecule has 3 saturated carbocycles. The Bertz CT molecular complexity index is 780. The molecule has 4 aliphatic carbocycles. The van der Waals surface area contributed by atoms with E-state index in [1.54, 1.807) is 10.5 Å². The number of halogens is 1. The van der Waals surface area contributed by atoms with Crippen molar-refractivity contribution < 1.29 is 9.90 Å². The minimum atomic E-state index is -0.734. The monoisotopic (exact) mass is 549 g/mol. The van der Waals surface area contributed by atoms with Crippen molar-refractivity contribution in [3.8, 4) is 0 Å². The first-order valence-electron chi connectivity index (χ1n) is 14.9. The first-order valence-corrected chi connectivity index (χ1v) is 16.0. The van der Waals surface area contributed by atoms with E-state index in [1.807, 2.05) is 0 Å². The van der Waals surface area contributed by atoms with Gasteiger partial charge in [-0.15, -0.1) is 0 Å². The standard InChI is InChI=1S/C31H52BrNO2/c1-21(2)8-6-9-22(3)26-12-13-27-25-11-10-23-20-24(33(29(34)35)19-7-18-32)14-16-30(23,4)28(25)15-17-31(26,27)5/h10,21-22,24-28H,6-9,11-20H2,1-5H3,(H,34,35)/t22-,24+,25+,26-,27+,28+,30+,31-/m1/s1. The lowest BCUT2D eigenvalue weighted by molar-refractivity contribution is -0.0540. The van der Waals surface area contributed by atoms with E-state index in [0.717, 1.165) is 60.1 Å². The zero-order valence-corrected chi connectivity index (χ0v) is 24.8. The van der Waals surface area contributed by atoms with Crippen molar-refractivity contribution in [1.29, 1.82) is 0 Å². The summed E-state index contributed by atoms with van der Waals surface area (Å²) in [6.45, 7) is 13.2. The summed E-state index contributed by atoms with van der Waals surface area (Å²) in [6, 6.07) is 0.166. The van der Waals surface area contributed by atoms with Gasteiger partial charge in [-0.3, -0.25) is 0 Å². The highest BCUT2D eigenvalue weighted by Gasteiger charge is 2.59. The molecule has 1 amide bonds. The second-order valence-electron chi connectivity index (χ2n) is 13.7. The maximum absolute atomic E-state index is 12.0. The number of hydrogen-bond donors (Lipinski definition) is 1. The summed E-state index contributed by atoms with van der Waals surface area (Å²) in [4.78, 5) is 13.8. The van der Waals surface area contributed by atoms with Gasteiger partial charge in [0.15, 0.2) is 0 Å². The van der Waals surface area contributed by atoms with Crippen molar-refractivity contribution >= 4 is 22.0 Å². The molecule has 4 aliphatic rings. The molecule has 35 heavy (non-hydrogen) atoms. The lowest BCUT2D eigenvalue weighted by atomic mass is 9.46. The highest BCUT2D eigenvalue weighted by Crippen LogP contribution is 2.67. The number of carbonyl (C=O) groups is 1. The number of rotatable bonds is 9. The van der Waals surface area contributed by atoms with Crippen molar-refractivity contribution in [2.24, 2.45) is 46.3 Å². The Morgan fingerprint density at radius 3 is 2.54 bits per heavy atom. The predicted molar refractivity (Wildman–Crippen MR) is 150 cm³/mol. The molecule has 0 spiro atoms. The zero-order valence-electron chi connectivity index (χ0n) is 23.2. The van der Waals surface area contributed by atoms with Crippen LogP contribution >= 0.6 is 15.9 Å². The van der Waals surface area contributed by atoms with Crippen LogP contribution in [0.1, 0.15) is 112 Å². The van der Waals surface area contributed by atoms with Gasteiger partial charge in [0.25, 0.3) is 0 Å². The lowest BCUT2D eigenvalue weighted by Gasteiger charge is -2.59. The maximum atomic E-state index is 12.0. The summed E-state index contributed by atoms with van der Waals surface area (Å²) in [6.07, 6.45) is 17.0. The van der Waals surface area contributed by atoms with Crippen molar-refractivity contribution in [3.05, 3.63) is 11.6 Å². The lowest BCUT2D eigenvalue weighted by Crippen LogP contribution is -2.52. The SMILES string of the molecule is CC(C)CCC[C@@H](C)[C@H]1CC[C@H]2[C@@H]3CC=C4C[C@@H](N(CCCBr)C(=O)O)CC[C@]4(C)[C@H]3CC[C@]12C. The number of alkyl halides is 1. The molecule has 3 nitrogen and oxygen atoms in total. The Morgan fingerprint density at radius 2 is 1.86 bits per heavy atom. The van der Waals surface area contributed by atoms with Crippen LogP contribution in [0.25, 0.3) is 0 Å². The van der Waals surface area contributed by atoms with Gasteiger partial charge in [0, 0.05) is 17.9 Å². The fourth-order valence-corrected chi connectivity index (χ4v) is 9.85. The van der Waals surface area contributed by atoms with Gasteiger partial charge in [-0.1, -0.05) is 81.5 Å². The maximum Gasteiger partial charge on any atom is 0.407 e. The molecular formula is C31H52BrNO2. The molecule has 0 bridgehead atoms. The van der Waals surface area contributed by atoms with Crippen LogP contribution in [-0.4, -0.2) is 34.0 Å². The Labute approximate surface area is 224 Å². The highest BCUT2D eigenvalue weighted by molar-refractivity contribution is 9.09. The van der Waals surface area contributed by atoms with E-state index in [9.17, 15) is 9.90 Å². The topological polar surface area (TPSA) is 40.5 Å². The second-order valence-corrected chi connectivity index (χ2v) is 14.5. The molecule has 0 aromatic heterocycles. The summed E-state index contributed by atoms with van der Waals surface area (Å²) >= 11 is 3.48. The van der Waals surface area contributed by atoms with Crippen LogP contribution in [0.2, 0.25) is 0 Å². The molecule has 0 unspecified atom stereocenters. The minimum absolute atomic E-state index is 0.166. The van der Waals surface area contributed by atoms with E-state index < -0.39 is 6.09 Å². The number of hydrogen-bond acceptors (Lipinski definition) is 1. The van der Waals surface area contributed by atoms with Gasteiger partial charge in [-0.05, 0) is 104 Å². The molecule has 8 atom stereocenters. The molecule has 0 saturated heterocycles. The molecule has 200 valence electrons. The minimum Gasteiger partial charge on any atom is -0.465 e. The van der Waals surface area contributed by atoms with Gasteiger partial charge >= 0.3 is 6.09 Å². The van der Waals surface area contributed by atoms with Crippen molar-refractivity contribution in [2.45, 2.75) is 118 Å². The van der Waals surface area contributed by atoms with E-state index in [2.05, 4.69) is 56.6 Å². The summed E-state index contributed by atoms with van der Waals surface area (Å²) in [5, 5.41) is 10.7. The molecule has 0 aromatic rings. The van der Waals surface area contributed by atoms with Crippen LogP contribution in [-0.2, 0) is 0 Å². The molecule has 4 heteroatoms. The van der Waals surface area contributed by atoms with Crippen LogP contribution in [0.15, 0.2) is 11.6 Å². The predicted octanol–water partition coefficient (Wildman–Crippen LogP) is 9.16. The average Bonchev–Trinajstić information content (AvgIpc) is 3.16. The number of fused-ring (bicyclic) bond motifs is 5. The fraction of sp³-hybridized carbons (Fsp3) is 0.903. The van der Waals surface area contributed by atoms with E-state index in [-0.39, 0.29) is 6.04 Å². The smallest absolute Gasteiger partial charge is 0.407 e. The Kier molecular flexibility index (Phi) is 8.71. The number of nitrogens with zero attached hydrogens (tertiary/aromatic N) is 1. The van der Waals surface area contributed by atoms with Crippen molar-refractivity contribution in [2.75, 3.05) is 11.9 Å². The van der Waals surface area contributed by atoms with Gasteiger partial charge in [0.1, 0.15) is 0 Å². The third-order valence-corrected chi connectivity index (χ3v) is 12.1. The van der Waals surface area contributed by atoms with Crippen LogP contribution in [0.3, 0.4) is 0 Å². The molecular weight excluding hydrogens is 498 g/mol. The van der Waals surface area contributed by atoms with Gasteiger partial charge in [0.2, 0.25) is 0 Å². The molecule has 1 N–H and O–H groups in total. The van der Waals surface area contributed by atoms with E-state index in [0.29, 0.717) is 17.4 Å². The Balaban J connectivity index is 1.46. The molecule has 0 radical (unpaired) electrons. The van der Waals surface area contributed by atoms with E-state index in [1.165, 1.54) is 57.8 Å². The number of carboxylic acid groups (broad SMARTS) is 1. The third-order valence-electron chi connectivity index (χ3n) is 11.5. The average molecular weight is 551 g/mol. The quantitative estimate of drug-likeness (QED) is 0.230. The Morgan fingerprint density at radius 1 is 1.09 bits per heavy atom. The van der Waals surface area contributed by atoms with Crippen LogP contribution in [0.4, 0.5) is 4.79 Å². The van der Waals surface area contributed by atoms with E-state index in [4.69, 9.17) is 0 Å². The van der Waals surface area contributed by atoms with Gasteiger partial charge in [-0.2, -0.15) is 0 Å². The molecule has 0 aromatic carbocycles. The second kappa shape index (κ2) is 11.1. The Hall–Kier alpha value is -0.510. The summed E-state index contributed by atoms with van der Waals surface area (Å²) in [7, 11) is 0. The number of allylic oxidation sites excluding steroid dienone is 1. The summed E-state index contributed by atoms with van der Waals surface area (Å²) in [5.74, 6) is 5.14. The molecule has 0 aliphatic heterocycles. The molecule has 3 fully saturated rings. The summed E-state index contributed by atoms with van der Waals surface area (Å²) < 4.78 is 0. The van der Waals surface area contributed by atoms with Crippen molar-refractivity contribution in [3.63, 3.8) is 0 Å². The first kappa shape index (κ1) is 27.5. The van der Waals surface area contributed by atoms with Crippen molar-refractivity contribution in [1.82, 2.24) is 4.90 Å². The molecule has 4 rings (SSSR count). The molecule has 0 heterocycles. The highest BCUT2D eigenvalue weighted by atomic mass is 79.9. The largest absolute Gasteiger partial charge is 0.465 e. The van der Waals surface area contributed by atoms with Crippen LogP contribution < -0.4 is 0 Å².